The van der Waals surface area contributed by atoms with Gasteiger partial charge in [-0.25, -0.2) is 4.79 Å². The quantitative estimate of drug-likeness (QED) is 0.577. The van der Waals surface area contributed by atoms with Gasteiger partial charge >= 0.3 is 5.97 Å². The Morgan fingerprint density at radius 2 is 2.12 bits per heavy atom. The first kappa shape index (κ1) is 18.7. The third kappa shape index (κ3) is 4.34. The molecule has 6 heteroatoms. The second kappa shape index (κ2) is 8.52. The number of hydrogen-bond acceptors (Lipinski definition) is 3. The van der Waals surface area contributed by atoms with Crippen LogP contribution in [-0.4, -0.2) is 17.7 Å². The van der Waals surface area contributed by atoms with Gasteiger partial charge in [-0.05, 0) is 67.7 Å². The molecule has 26 heavy (non-hydrogen) atoms. The van der Waals surface area contributed by atoms with Gasteiger partial charge < -0.3 is 15.4 Å². The van der Waals surface area contributed by atoms with Crippen LogP contribution >= 0.6 is 23.8 Å². The Balaban J connectivity index is 1.66. The molecule has 0 heterocycles. The lowest BCUT2D eigenvalue weighted by Gasteiger charge is -2.27. The molecule has 0 unspecified atom stereocenters. The van der Waals surface area contributed by atoms with Crippen molar-refractivity contribution in [1.29, 1.82) is 0 Å². The van der Waals surface area contributed by atoms with Gasteiger partial charge in [0.25, 0.3) is 0 Å². The minimum absolute atomic E-state index is 0.203. The van der Waals surface area contributed by atoms with Crippen molar-refractivity contribution in [1.82, 2.24) is 5.32 Å². The maximum absolute atomic E-state index is 11.8. The fourth-order valence-electron chi connectivity index (χ4n) is 3.20. The van der Waals surface area contributed by atoms with Gasteiger partial charge in [-0.2, -0.15) is 0 Å². The normalized spacial score (nSPS) is 15.7. The Labute approximate surface area is 163 Å². The van der Waals surface area contributed by atoms with Gasteiger partial charge in [0.2, 0.25) is 0 Å². The Kier molecular flexibility index (Phi) is 6.12. The van der Waals surface area contributed by atoms with Crippen molar-refractivity contribution in [3.63, 3.8) is 0 Å². The van der Waals surface area contributed by atoms with Crippen molar-refractivity contribution in [2.75, 3.05) is 11.9 Å². The van der Waals surface area contributed by atoms with E-state index in [1.807, 2.05) is 0 Å². The third-order valence-corrected chi connectivity index (χ3v) is 4.93. The van der Waals surface area contributed by atoms with Crippen LogP contribution in [0, 0.1) is 0 Å². The minimum Gasteiger partial charge on any atom is -0.462 e. The lowest BCUT2D eigenvalue weighted by Crippen LogP contribution is -2.34. The topological polar surface area (TPSA) is 50.4 Å². The number of ether oxygens (including phenoxy) is 1. The molecule has 0 aromatic heterocycles. The fourth-order valence-corrected chi connectivity index (χ4v) is 3.71. The Hall–Kier alpha value is -2.11. The SMILES string of the molecule is CCOC(=O)c1ccc(NC(=S)N[C@H]2CCCc3ccccc32)cc1Cl. The molecule has 0 spiro atoms. The number of benzene rings is 2. The fraction of sp³-hybridized carbons (Fsp3) is 0.300. The molecule has 4 nitrogen and oxygen atoms in total. The van der Waals surface area contributed by atoms with Gasteiger partial charge in [-0.15, -0.1) is 0 Å². The molecule has 2 aromatic carbocycles. The van der Waals surface area contributed by atoms with Gasteiger partial charge in [-0.1, -0.05) is 35.9 Å². The van der Waals surface area contributed by atoms with E-state index < -0.39 is 5.97 Å². The summed E-state index contributed by atoms with van der Waals surface area (Å²) in [6.07, 6.45) is 3.29. The number of aryl methyl sites for hydroxylation is 1. The van der Waals surface area contributed by atoms with Crippen molar-refractivity contribution < 1.29 is 9.53 Å². The molecule has 2 aromatic rings. The molecule has 2 N–H and O–H groups in total. The number of anilines is 1. The van der Waals surface area contributed by atoms with Crippen LogP contribution in [0.1, 0.15) is 47.3 Å². The summed E-state index contributed by atoms with van der Waals surface area (Å²) in [5.74, 6) is -0.427. The van der Waals surface area contributed by atoms with Crippen molar-refractivity contribution in [3.8, 4) is 0 Å². The molecule has 136 valence electrons. The van der Waals surface area contributed by atoms with Crippen LogP contribution in [0.5, 0.6) is 0 Å². The summed E-state index contributed by atoms with van der Waals surface area (Å²) >= 11 is 11.7. The predicted octanol–water partition coefficient (Wildman–Crippen LogP) is 4.88. The van der Waals surface area contributed by atoms with E-state index in [1.54, 1.807) is 25.1 Å². The van der Waals surface area contributed by atoms with Crippen LogP contribution < -0.4 is 10.6 Å². The molecule has 1 aliphatic carbocycles. The number of carbonyl (C=O) groups is 1. The zero-order valence-electron chi connectivity index (χ0n) is 14.5. The van der Waals surface area contributed by atoms with Gasteiger partial charge in [0.1, 0.15) is 0 Å². The van der Waals surface area contributed by atoms with E-state index in [2.05, 4.69) is 34.9 Å². The maximum Gasteiger partial charge on any atom is 0.339 e. The molecule has 0 bridgehead atoms. The van der Waals surface area contributed by atoms with Crippen molar-refractivity contribution in [2.45, 2.75) is 32.2 Å². The number of esters is 1. The predicted molar refractivity (Wildman–Crippen MR) is 109 cm³/mol. The van der Waals surface area contributed by atoms with Crippen LogP contribution in [0.25, 0.3) is 0 Å². The monoisotopic (exact) mass is 388 g/mol. The van der Waals surface area contributed by atoms with E-state index in [4.69, 9.17) is 28.6 Å². The molecule has 0 saturated carbocycles. The highest BCUT2D eigenvalue weighted by molar-refractivity contribution is 7.80. The summed E-state index contributed by atoms with van der Waals surface area (Å²) in [5.41, 5.74) is 3.75. The molecule has 3 rings (SSSR count). The number of rotatable bonds is 4. The first-order valence-corrected chi connectivity index (χ1v) is 9.49. The highest BCUT2D eigenvalue weighted by atomic mass is 35.5. The number of carbonyl (C=O) groups excluding carboxylic acids is 1. The van der Waals surface area contributed by atoms with Gasteiger partial charge in [0.15, 0.2) is 5.11 Å². The first-order valence-electron chi connectivity index (χ1n) is 8.70. The van der Waals surface area contributed by atoms with Crippen LogP contribution in [0.15, 0.2) is 42.5 Å². The van der Waals surface area contributed by atoms with E-state index in [0.717, 1.165) is 24.9 Å². The summed E-state index contributed by atoms with van der Waals surface area (Å²) in [6.45, 7) is 2.07. The summed E-state index contributed by atoms with van der Waals surface area (Å²) in [6, 6.07) is 13.7. The van der Waals surface area contributed by atoms with E-state index in [0.29, 0.717) is 22.3 Å². The highest BCUT2D eigenvalue weighted by Crippen LogP contribution is 2.29. The molecular formula is C20H21ClN2O2S. The zero-order valence-corrected chi connectivity index (χ0v) is 16.1. The standard InChI is InChI=1S/C20H21ClN2O2S/c1-2-25-19(24)16-11-10-14(12-17(16)21)22-20(26)23-18-9-5-7-13-6-3-4-8-15(13)18/h3-4,6,8,10-12,18H,2,5,7,9H2,1H3,(H2,22,23,26)/t18-/m0/s1. The van der Waals surface area contributed by atoms with Crippen LogP contribution in [0.4, 0.5) is 5.69 Å². The zero-order chi connectivity index (χ0) is 18.5. The van der Waals surface area contributed by atoms with Crippen LogP contribution in [0.2, 0.25) is 5.02 Å². The summed E-state index contributed by atoms with van der Waals surface area (Å²) < 4.78 is 4.98. The molecule has 0 amide bonds. The van der Waals surface area contributed by atoms with Crippen LogP contribution in [-0.2, 0) is 11.2 Å². The maximum atomic E-state index is 11.8. The highest BCUT2D eigenvalue weighted by Gasteiger charge is 2.20. The number of halogens is 1. The number of thiocarbonyl (C=S) groups is 1. The minimum atomic E-state index is -0.427. The van der Waals surface area contributed by atoms with E-state index >= 15 is 0 Å². The molecule has 0 fully saturated rings. The number of hydrogen-bond donors (Lipinski definition) is 2. The van der Waals surface area contributed by atoms with Crippen molar-refractivity contribution in [2.24, 2.45) is 0 Å². The van der Waals surface area contributed by atoms with Gasteiger partial charge in [0.05, 0.1) is 23.2 Å². The molecule has 0 radical (unpaired) electrons. The summed E-state index contributed by atoms with van der Waals surface area (Å²) in [5, 5.41) is 7.40. The second-order valence-corrected chi connectivity index (χ2v) is 6.97. The Morgan fingerprint density at radius 1 is 1.31 bits per heavy atom. The van der Waals surface area contributed by atoms with Crippen molar-refractivity contribution in [3.05, 3.63) is 64.2 Å². The summed E-state index contributed by atoms with van der Waals surface area (Å²) in [7, 11) is 0. The molecule has 1 atom stereocenters. The smallest absolute Gasteiger partial charge is 0.339 e. The molecule has 0 saturated heterocycles. The lowest BCUT2D eigenvalue weighted by molar-refractivity contribution is 0.0526. The number of fused-ring (bicyclic) bond motifs is 1. The van der Waals surface area contributed by atoms with E-state index in [1.165, 1.54) is 11.1 Å². The molecule has 0 aliphatic heterocycles. The lowest BCUT2D eigenvalue weighted by atomic mass is 9.88. The first-order chi connectivity index (χ1) is 12.6. The van der Waals surface area contributed by atoms with Crippen molar-refractivity contribution >= 4 is 40.6 Å². The Morgan fingerprint density at radius 3 is 2.88 bits per heavy atom. The van der Waals surface area contributed by atoms with Crippen LogP contribution in [0.3, 0.4) is 0 Å². The van der Waals surface area contributed by atoms with Gasteiger partial charge in [-0.3, -0.25) is 0 Å². The van der Waals surface area contributed by atoms with Gasteiger partial charge in [0, 0.05) is 5.69 Å². The van der Waals surface area contributed by atoms with E-state index in [-0.39, 0.29) is 6.04 Å². The molecular weight excluding hydrogens is 368 g/mol. The summed E-state index contributed by atoms with van der Waals surface area (Å²) in [4.78, 5) is 11.8. The second-order valence-electron chi connectivity index (χ2n) is 6.16. The van der Waals surface area contributed by atoms with E-state index in [9.17, 15) is 4.79 Å². The average Bonchev–Trinajstić information content (AvgIpc) is 2.62. The third-order valence-electron chi connectivity index (χ3n) is 4.40. The average molecular weight is 389 g/mol. The molecule has 1 aliphatic rings. The Bertz CT molecular complexity index is 825. The largest absolute Gasteiger partial charge is 0.462 e. The number of nitrogens with one attached hydrogen (secondary N) is 2.